The van der Waals surface area contributed by atoms with Crippen LogP contribution in [0.15, 0.2) is 23.1 Å². The average molecular weight is 328 g/mol. The predicted molar refractivity (Wildman–Crippen MR) is 81.6 cm³/mol. The van der Waals surface area contributed by atoms with Crippen molar-refractivity contribution in [3.05, 3.63) is 28.8 Å². The number of hydrogen-bond donors (Lipinski definition) is 1. The van der Waals surface area contributed by atoms with E-state index in [0.717, 1.165) is 19.4 Å². The molecule has 0 saturated carbocycles. The van der Waals surface area contributed by atoms with E-state index in [1.54, 1.807) is 0 Å². The molecule has 0 aromatic heterocycles. The molecule has 0 spiro atoms. The summed E-state index contributed by atoms with van der Waals surface area (Å²) >= 11 is 6.04. The third-order valence-electron chi connectivity index (χ3n) is 3.65. The number of piperidine rings is 1. The summed E-state index contributed by atoms with van der Waals surface area (Å²) in [5.74, 6) is 0.315. The number of halogens is 1. The molecule has 1 fully saturated rings. The number of nitrogens with zero attached hydrogens (tertiary/aromatic N) is 2. The molecule has 0 aliphatic carbocycles. The molecule has 1 aromatic carbocycles. The summed E-state index contributed by atoms with van der Waals surface area (Å²) in [7, 11) is -1.74. The third kappa shape index (κ3) is 3.55. The maximum Gasteiger partial charge on any atom is 0.244 e. The lowest BCUT2D eigenvalue weighted by atomic mass is 10.00. The molecule has 1 saturated heterocycles. The van der Waals surface area contributed by atoms with Crippen molar-refractivity contribution < 1.29 is 8.42 Å². The van der Waals surface area contributed by atoms with Gasteiger partial charge in [-0.1, -0.05) is 11.6 Å². The second kappa shape index (κ2) is 6.75. The first-order valence-corrected chi connectivity index (χ1v) is 8.65. The SMILES string of the molecule is CNCC1CCCN(S(=O)(=O)c2ccc(C#N)cc2Cl)C1. The van der Waals surface area contributed by atoms with Crippen molar-refractivity contribution in [2.24, 2.45) is 5.92 Å². The lowest BCUT2D eigenvalue weighted by Gasteiger charge is -2.32. The van der Waals surface area contributed by atoms with E-state index in [0.29, 0.717) is 24.6 Å². The van der Waals surface area contributed by atoms with E-state index in [1.807, 2.05) is 13.1 Å². The minimum absolute atomic E-state index is 0.0771. The molecule has 7 heteroatoms. The van der Waals surface area contributed by atoms with Crippen molar-refractivity contribution in [3.63, 3.8) is 0 Å². The van der Waals surface area contributed by atoms with Crippen LogP contribution in [0.3, 0.4) is 0 Å². The van der Waals surface area contributed by atoms with Gasteiger partial charge in [0.1, 0.15) is 4.90 Å². The van der Waals surface area contributed by atoms with Crippen LogP contribution >= 0.6 is 11.6 Å². The largest absolute Gasteiger partial charge is 0.319 e. The van der Waals surface area contributed by atoms with Crippen LogP contribution in [0.4, 0.5) is 0 Å². The number of nitrogens with one attached hydrogen (secondary N) is 1. The zero-order valence-corrected chi connectivity index (χ0v) is 13.4. The lowest BCUT2D eigenvalue weighted by Crippen LogP contribution is -2.42. The van der Waals surface area contributed by atoms with Gasteiger partial charge in [-0.3, -0.25) is 0 Å². The Bertz CT molecular complexity index is 653. The summed E-state index contributed by atoms with van der Waals surface area (Å²) in [5.41, 5.74) is 0.352. The molecule has 1 unspecified atom stereocenters. The Morgan fingerprint density at radius 1 is 1.52 bits per heavy atom. The normalized spacial score (nSPS) is 20.1. The van der Waals surface area contributed by atoms with Crippen molar-refractivity contribution in [1.29, 1.82) is 5.26 Å². The van der Waals surface area contributed by atoms with Gasteiger partial charge in [-0.25, -0.2) is 8.42 Å². The van der Waals surface area contributed by atoms with E-state index in [1.165, 1.54) is 22.5 Å². The molecule has 5 nitrogen and oxygen atoms in total. The van der Waals surface area contributed by atoms with Gasteiger partial charge in [0.05, 0.1) is 16.7 Å². The topological polar surface area (TPSA) is 73.2 Å². The Morgan fingerprint density at radius 3 is 2.90 bits per heavy atom. The van der Waals surface area contributed by atoms with Crippen molar-refractivity contribution in [2.75, 3.05) is 26.7 Å². The number of hydrogen-bond acceptors (Lipinski definition) is 4. The molecule has 1 heterocycles. The molecule has 2 rings (SSSR count). The van der Waals surface area contributed by atoms with Crippen molar-refractivity contribution in [3.8, 4) is 6.07 Å². The van der Waals surface area contributed by atoms with E-state index in [9.17, 15) is 8.42 Å². The number of nitriles is 1. The summed E-state index contributed by atoms with van der Waals surface area (Å²) in [6.07, 6.45) is 1.87. The van der Waals surface area contributed by atoms with Gasteiger partial charge in [-0.15, -0.1) is 0 Å². The van der Waals surface area contributed by atoms with Gasteiger partial charge in [0, 0.05) is 13.1 Å². The van der Waals surface area contributed by atoms with Gasteiger partial charge in [-0.05, 0) is 50.6 Å². The number of sulfonamides is 1. The Kier molecular flexibility index (Phi) is 5.22. The molecule has 0 radical (unpaired) electrons. The van der Waals surface area contributed by atoms with Crippen molar-refractivity contribution in [2.45, 2.75) is 17.7 Å². The number of rotatable bonds is 4. The minimum atomic E-state index is -3.60. The Labute approximate surface area is 130 Å². The van der Waals surface area contributed by atoms with Crippen LogP contribution < -0.4 is 5.32 Å². The van der Waals surface area contributed by atoms with E-state index in [2.05, 4.69) is 5.32 Å². The van der Waals surface area contributed by atoms with Crippen LogP contribution in [0.1, 0.15) is 18.4 Å². The van der Waals surface area contributed by atoms with Gasteiger partial charge in [0.15, 0.2) is 0 Å². The van der Waals surface area contributed by atoms with Gasteiger partial charge in [0.25, 0.3) is 0 Å². The molecule has 0 amide bonds. The molecule has 1 atom stereocenters. The molecule has 0 bridgehead atoms. The molecule has 114 valence electrons. The van der Waals surface area contributed by atoms with Crippen molar-refractivity contribution >= 4 is 21.6 Å². The highest BCUT2D eigenvalue weighted by molar-refractivity contribution is 7.89. The summed E-state index contributed by atoms with van der Waals surface area (Å²) in [6, 6.07) is 6.24. The fourth-order valence-corrected chi connectivity index (χ4v) is 4.69. The Morgan fingerprint density at radius 2 is 2.29 bits per heavy atom. The fraction of sp³-hybridized carbons (Fsp3) is 0.500. The van der Waals surface area contributed by atoms with Gasteiger partial charge in [0.2, 0.25) is 10.0 Å². The standard InChI is InChI=1S/C14H18ClN3O2S/c1-17-9-12-3-2-6-18(10-12)21(19,20)14-5-4-11(8-16)7-13(14)15/h4-5,7,12,17H,2-3,6,9-10H2,1H3. The Hall–Kier alpha value is -1.13. The highest BCUT2D eigenvalue weighted by Gasteiger charge is 2.31. The third-order valence-corrected chi connectivity index (χ3v) is 6.00. The molecule has 1 aliphatic rings. The van der Waals surface area contributed by atoms with Crippen LogP contribution in [-0.2, 0) is 10.0 Å². The van der Waals surface area contributed by atoms with Crippen LogP contribution in [-0.4, -0.2) is 39.4 Å². The first kappa shape index (κ1) is 16.2. The highest BCUT2D eigenvalue weighted by Crippen LogP contribution is 2.28. The van der Waals surface area contributed by atoms with E-state index < -0.39 is 10.0 Å². The predicted octanol–water partition coefficient (Wildman–Crippen LogP) is 1.83. The van der Waals surface area contributed by atoms with Crippen LogP contribution in [0.5, 0.6) is 0 Å². The Balaban J connectivity index is 2.27. The van der Waals surface area contributed by atoms with Gasteiger partial charge in [-0.2, -0.15) is 9.57 Å². The lowest BCUT2D eigenvalue weighted by molar-refractivity contribution is 0.263. The maximum absolute atomic E-state index is 12.7. The second-order valence-electron chi connectivity index (χ2n) is 5.19. The smallest absolute Gasteiger partial charge is 0.244 e. The molecule has 1 aliphatic heterocycles. The maximum atomic E-state index is 12.7. The summed E-state index contributed by atoms with van der Waals surface area (Å²) in [6.45, 7) is 1.81. The highest BCUT2D eigenvalue weighted by atomic mass is 35.5. The zero-order chi connectivity index (χ0) is 15.5. The minimum Gasteiger partial charge on any atom is -0.319 e. The van der Waals surface area contributed by atoms with Crippen molar-refractivity contribution in [1.82, 2.24) is 9.62 Å². The molecule has 1 N–H and O–H groups in total. The fourth-order valence-electron chi connectivity index (χ4n) is 2.62. The van der Waals surface area contributed by atoms with Crippen LogP contribution in [0.2, 0.25) is 5.02 Å². The van der Waals surface area contributed by atoms with Crippen LogP contribution in [0.25, 0.3) is 0 Å². The van der Waals surface area contributed by atoms with Gasteiger partial charge >= 0.3 is 0 Å². The van der Waals surface area contributed by atoms with Crippen LogP contribution in [0, 0.1) is 17.2 Å². The van der Waals surface area contributed by atoms with E-state index in [4.69, 9.17) is 16.9 Å². The average Bonchev–Trinajstić information content (AvgIpc) is 2.47. The molecule has 21 heavy (non-hydrogen) atoms. The first-order chi connectivity index (χ1) is 9.98. The monoisotopic (exact) mass is 327 g/mol. The zero-order valence-electron chi connectivity index (χ0n) is 11.8. The molecular weight excluding hydrogens is 310 g/mol. The van der Waals surface area contributed by atoms with Gasteiger partial charge < -0.3 is 5.32 Å². The number of benzene rings is 1. The summed E-state index contributed by atoms with van der Waals surface area (Å²) in [5, 5.41) is 12.0. The van der Waals surface area contributed by atoms with E-state index in [-0.39, 0.29) is 9.92 Å². The summed E-state index contributed by atoms with van der Waals surface area (Å²) < 4.78 is 26.9. The molecule has 1 aromatic rings. The quantitative estimate of drug-likeness (QED) is 0.915. The van der Waals surface area contributed by atoms with E-state index >= 15 is 0 Å². The first-order valence-electron chi connectivity index (χ1n) is 6.83. The second-order valence-corrected chi connectivity index (χ2v) is 7.50. The summed E-state index contributed by atoms with van der Waals surface area (Å²) in [4.78, 5) is 0.0771. The molecular formula is C14H18ClN3O2S.